The van der Waals surface area contributed by atoms with Crippen molar-refractivity contribution in [2.45, 2.75) is 77.8 Å². The van der Waals surface area contributed by atoms with Crippen LogP contribution in [0.3, 0.4) is 0 Å². The van der Waals surface area contributed by atoms with Crippen LogP contribution in [0.5, 0.6) is 0 Å². The number of likely N-dealkylation sites (N-methyl/N-ethyl adjacent to an activating group) is 1. The van der Waals surface area contributed by atoms with Gasteiger partial charge in [0, 0.05) is 54.6 Å². The second kappa shape index (κ2) is 11.4. The summed E-state index contributed by atoms with van der Waals surface area (Å²) in [5, 5.41) is 0. The summed E-state index contributed by atoms with van der Waals surface area (Å²) in [6.45, 7) is 7.23. The average Bonchev–Trinajstić information content (AvgIpc) is 3.36. The molecule has 0 spiro atoms. The standard InChI is InChI=1S/C33H41N3O3/c1-33(2,3)20-30(37)39-22-29-26-16-18-36(32(38)25-10-6-5-7-11-25)31(26)27-19-23(14-15-28(27)35(29)4)12-13-24-9-8-17-34-21-24/h8-9,14-15,17,19,21,25-26,29,31H,5-7,10-11,16,18,20,22H2,1-4H3/t26-,29+,31-/m0/s1. The lowest BCUT2D eigenvalue weighted by Gasteiger charge is -2.45. The molecule has 2 aromatic rings. The van der Waals surface area contributed by atoms with Gasteiger partial charge in [-0.15, -0.1) is 0 Å². The van der Waals surface area contributed by atoms with Crippen molar-refractivity contribution in [2.24, 2.45) is 17.3 Å². The first-order chi connectivity index (χ1) is 18.7. The number of fused-ring (bicyclic) bond motifs is 3. The quantitative estimate of drug-likeness (QED) is 0.374. The maximum Gasteiger partial charge on any atom is 0.306 e. The monoisotopic (exact) mass is 527 g/mol. The first-order valence-electron chi connectivity index (χ1n) is 14.5. The maximum absolute atomic E-state index is 13.9. The molecule has 6 heteroatoms. The fourth-order valence-corrected chi connectivity index (χ4v) is 6.58. The molecule has 2 fully saturated rings. The number of hydrogen-bond donors (Lipinski definition) is 0. The van der Waals surface area contributed by atoms with Crippen molar-refractivity contribution in [2.75, 3.05) is 25.1 Å². The summed E-state index contributed by atoms with van der Waals surface area (Å²) in [5.74, 6) is 6.98. The van der Waals surface area contributed by atoms with Crippen molar-refractivity contribution in [3.63, 3.8) is 0 Å². The molecule has 3 heterocycles. The van der Waals surface area contributed by atoms with Crippen molar-refractivity contribution in [3.05, 3.63) is 59.4 Å². The molecule has 0 N–H and O–H groups in total. The normalized spacial score (nSPS) is 22.9. The zero-order chi connectivity index (χ0) is 27.6. The van der Waals surface area contributed by atoms with Crippen LogP contribution >= 0.6 is 0 Å². The minimum Gasteiger partial charge on any atom is -0.463 e. The minimum atomic E-state index is -0.160. The zero-order valence-corrected chi connectivity index (χ0v) is 23.8. The van der Waals surface area contributed by atoms with E-state index in [4.69, 9.17) is 4.74 Å². The Hall–Kier alpha value is -3.33. The highest BCUT2D eigenvalue weighted by molar-refractivity contribution is 5.81. The molecule has 3 atom stereocenters. The molecule has 1 aliphatic carbocycles. The number of carbonyl (C=O) groups is 2. The molecule has 5 rings (SSSR count). The number of likely N-dealkylation sites (tertiary alicyclic amines) is 1. The van der Waals surface area contributed by atoms with Crippen LogP contribution in [0.15, 0.2) is 42.7 Å². The summed E-state index contributed by atoms with van der Waals surface area (Å²) < 4.78 is 5.86. The average molecular weight is 528 g/mol. The van der Waals surface area contributed by atoms with E-state index in [0.717, 1.165) is 61.0 Å². The number of benzene rings is 1. The summed E-state index contributed by atoms with van der Waals surface area (Å²) in [7, 11) is 2.09. The topological polar surface area (TPSA) is 62.7 Å². The van der Waals surface area contributed by atoms with Gasteiger partial charge in [0.15, 0.2) is 0 Å². The predicted octanol–water partition coefficient (Wildman–Crippen LogP) is 5.75. The Labute approximate surface area is 233 Å². The molecular formula is C33H41N3O3. The second-order valence-corrected chi connectivity index (χ2v) is 12.6. The highest BCUT2D eigenvalue weighted by Gasteiger charge is 2.49. The molecular weight excluding hydrogens is 486 g/mol. The number of nitrogens with zero attached hydrogens (tertiary/aromatic N) is 3. The smallest absolute Gasteiger partial charge is 0.306 e. The van der Waals surface area contributed by atoms with E-state index in [-0.39, 0.29) is 35.3 Å². The summed E-state index contributed by atoms with van der Waals surface area (Å²) in [5.41, 5.74) is 3.92. The zero-order valence-electron chi connectivity index (χ0n) is 23.8. The van der Waals surface area contributed by atoms with Gasteiger partial charge in [-0.3, -0.25) is 14.6 Å². The van der Waals surface area contributed by atoms with Gasteiger partial charge in [-0.05, 0) is 60.6 Å². The molecule has 39 heavy (non-hydrogen) atoms. The summed E-state index contributed by atoms with van der Waals surface area (Å²) in [6, 6.07) is 10.2. The number of rotatable bonds is 4. The molecule has 6 nitrogen and oxygen atoms in total. The third-order valence-corrected chi connectivity index (χ3v) is 8.50. The SMILES string of the molecule is CN1c2ccc(C#Cc3cccnc3)cc2[C@@H]2[C@@H](CCN2C(=O)C2CCCCC2)[C@H]1COC(=O)CC(C)(C)C. The Balaban J connectivity index is 1.46. The van der Waals surface area contributed by atoms with Crippen LogP contribution in [0.25, 0.3) is 0 Å². The van der Waals surface area contributed by atoms with Crippen LogP contribution in [0.2, 0.25) is 0 Å². The van der Waals surface area contributed by atoms with E-state index in [2.05, 4.69) is 45.8 Å². The lowest BCUT2D eigenvalue weighted by atomic mass is 9.80. The Kier molecular flexibility index (Phi) is 7.98. The van der Waals surface area contributed by atoms with E-state index in [1.165, 1.54) is 6.42 Å². The minimum absolute atomic E-state index is 0.0166. The first-order valence-corrected chi connectivity index (χ1v) is 14.5. The lowest BCUT2D eigenvalue weighted by molar-refractivity contribution is -0.147. The maximum atomic E-state index is 13.9. The van der Waals surface area contributed by atoms with Gasteiger partial charge >= 0.3 is 5.97 Å². The van der Waals surface area contributed by atoms with Crippen molar-refractivity contribution in [1.29, 1.82) is 0 Å². The Morgan fingerprint density at radius 2 is 1.82 bits per heavy atom. The lowest BCUT2D eigenvalue weighted by Crippen LogP contribution is -2.49. The molecule has 1 saturated heterocycles. The highest BCUT2D eigenvalue weighted by atomic mass is 16.5. The first kappa shape index (κ1) is 27.2. The predicted molar refractivity (Wildman–Crippen MR) is 153 cm³/mol. The van der Waals surface area contributed by atoms with E-state index in [9.17, 15) is 9.59 Å². The van der Waals surface area contributed by atoms with Gasteiger partial charge in [-0.25, -0.2) is 0 Å². The van der Waals surface area contributed by atoms with Gasteiger partial charge in [0.2, 0.25) is 5.91 Å². The van der Waals surface area contributed by atoms with Gasteiger partial charge in [0.05, 0.1) is 18.5 Å². The Bertz CT molecular complexity index is 1250. The van der Waals surface area contributed by atoms with Gasteiger partial charge in [-0.2, -0.15) is 0 Å². The Morgan fingerprint density at radius 3 is 2.54 bits per heavy atom. The van der Waals surface area contributed by atoms with Gasteiger partial charge in [-0.1, -0.05) is 51.9 Å². The van der Waals surface area contributed by atoms with Crippen molar-refractivity contribution in [1.82, 2.24) is 9.88 Å². The van der Waals surface area contributed by atoms with Crippen LogP contribution in [0.1, 0.15) is 88.4 Å². The van der Waals surface area contributed by atoms with Crippen LogP contribution in [0, 0.1) is 29.1 Å². The van der Waals surface area contributed by atoms with Gasteiger partial charge in [0.25, 0.3) is 0 Å². The van der Waals surface area contributed by atoms with E-state index < -0.39 is 0 Å². The molecule has 2 aliphatic heterocycles. The largest absolute Gasteiger partial charge is 0.463 e. The highest BCUT2D eigenvalue weighted by Crippen LogP contribution is 2.49. The van der Waals surface area contributed by atoms with E-state index >= 15 is 0 Å². The molecule has 1 saturated carbocycles. The van der Waals surface area contributed by atoms with Gasteiger partial charge < -0.3 is 14.5 Å². The molecule has 206 valence electrons. The molecule has 0 bridgehead atoms. The molecule has 0 unspecified atom stereocenters. The molecule has 3 aliphatic rings. The number of ether oxygens (including phenoxy) is 1. The number of pyridine rings is 1. The molecule has 1 amide bonds. The second-order valence-electron chi connectivity index (χ2n) is 12.6. The van der Waals surface area contributed by atoms with E-state index in [1.54, 1.807) is 12.4 Å². The number of anilines is 1. The van der Waals surface area contributed by atoms with E-state index in [0.29, 0.717) is 18.9 Å². The summed E-state index contributed by atoms with van der Waals surface area (Å²) in [6.07, 6.45) is 10.3. The van der Waals surface area contributed by atoms with Crippen molar-refractivity contribution >= 4 is 17.6 Å². The van der Waals surface area contributed by atoms with Crippen LogP contribution < -0.4 is 4.90 Å². The number of carbonyl (C=O) groups excluding carboxylic acids is 2. The van der Waals surface area contributed by atoms with E-state index in [1.807, 2.05) is 39.0 Å². The molecule has 1 aromatic heterocycles. The Morgan fingerprint density at radius 1 is 1.05 bits per heavy atom. The fraction of sp³-hybridized carbons (Fsp3) is 0.545. The molecule has 1 aromatic carbocycles. The van der Waals surface area contributed by atoms with Crippen LogP contribution in [0.4, 0.5) is 5.69 Å². The summed E-state index contributed by atoms with van der Waals surface area (Å²) >= 11 is 0. The van der Waals surface area contributed by atoms with Crippen LogP contribution in [-0.4, -0.2) is 48.0 Å². The van der Waals surface area contributed by atoms with Crippen molar-refractivity contribution < 1.29 is 14.3 Å². The van der Waals surface area contributed by atoms with Crippen LogP contribution in [-0.2, 0) is 14.3 Å². The number of aromatic nitrogens is 1. The third kappa shape index (κ3) is 6.13. The summed E-state index contributed by atoms with van der Waals surface area (Å²) in [4.78, 5) is 35.1. The third-order valence-electron chi connectivity index (χ3n) is 8.50. The number of amides is 1. The van der Waals surface area contributed by atoms with Gasteiger partial charge in [0.1, 0.15) is 6.61 Å². The fourth-order valence-electron chi connectivity index (χ4n) is 6.58. The number of hydrogen-bond acceptors (Lipinski definition) is 5. The molecule has 0 radical (unpaired) electrons. The van der Waals surface area contributed by atoms with Crippen molar-refractivity contribution in [3.8, 4) is 11.8 Å². The number of esters is 1.